The summed E-state index contributed by atoms with van der Waals surface area (Å²) in [4.78, 5) is 11.0. The van der Waals surface area contributed by atoms with Crippen molar-refractivity contribution < 1.29 is 27.8 Å². The molecule has 0 unspecified atom stereocenters. The Morgan fingerprint density at radius 1 is 1.12 bits per heavy atom. The number of nitrogens with zero attached hydrogens (tertiary/aromatic N) is 1. The van der Waals surface area contributed by atoms with Crippen LogP contribution in [0.3, 0.4) is 0 Å². The van der Waals surface area contributed by atoms with Gasteiger partial charge in [-0.25, -0.2) is 8.42 Å². The van der Waals surface area contributed by atoms with Crippen molar-refractivity contribution in [2.24, 2.45) is 0 Å². The predicted octanol–water partition coefficient (Wildman–Crippen LogP) is 2.64. The average Bonchev–Trinajstić information content (AvgIpc) is 2.59. The van der Waals surface area contributed by atoms with Crippen LogP contribution in [-0.2, 0) is 14.8 Å². The van der Waals surface area contributed by atoms with Crippen molar-refractivity contribution in [1.82, 2.24) is 0 Å². The van der Waals surface area contributed by atoms with Gasteiger partial charge in [-0.2, -0.15) is 0 Å². The predicted molar refractivity (Wildman–Crippen MR) is 93.2 cm³/mol. The molecule has 0 spiro atoms. The summed E-state index contributed by atoms with van der Waals surface area (Å²) >= 11 is 5.99. The molecule has 0 amide bonds. The van der Waals surface area contributed by atoms with Crippen molar-refractivity contribution in [3.8, 4) is 11.5 Å². The molecule has 0 aliphatic heterocycles. The highest BCUT2D eigenvalue weighted by molar-refractivity contribution is 7.92. The van der Waals surface area contributed by atoms with Gasteiger partial charge in [-0.1, -0.05) is 11.6 Å². The molecule has 7 nitrogen and oxygen atoms in total. The summed E-state index contributed by atoms with van der Waals surface area (Å²) in [7, 11) is -1.27. The number of aliphatic carboxylic acids is 1. The monoisotopic (exact) mass is 385 g/mol. The molecule has 0 bridgehead atoms. The first kappa shape index (κ1) is 18.9. The largest absolute Gasteiger partial charge is 0.497 e. The number of anilines is 1. The van der Waals surface area contributed by atoms with Crippen LogP contribution in [0, 0.1) is 0 Å². The molecule has 0 atom stereocenters. The Morgan fingerprint density at radius 2 is 1.76 bits per heavy atom. The lowest BCUT2D eigenvalue weighted by atomic mass is 10.3. The summed E-state index contributed by atoms with van der Waals surface area (Å²) in [5.41, 5.74) is 0.190. The minimum absolute atomic E-state index is 0.105. The Labute approximate surface area is 150 Å². The van der Waals surface area contributed by atoms with E-state index in [0.29, 0.717) is 11.5 Å². The third kappa shape index (κ3) is 4.15. The minimum Gasteiger partial charge on any atom is -0.497 e. The van der Waals surface area contributed by atoms with Crippen molar-refractivity contribution in [1.29, 1.82) is 0 Å². The molecule has 0 aromatic heterocycles. The zero-order chi connectivity index (χ0) is 18.6. The van der Waals surface area contributed by atoms with Crippen LogP contribution in [0.1, 0.15) is 0 Å². The second-order valence-electron chi connectivity index (χ2n) is 4.90. The van der Waals surface area contributed by atoms with E-state index in [1.807, 2.05) is 0 Å². The molecular weight excluding hydrogens is 370 g/mol. The maximum atomic E-state index is 12.9. The number of benzene rings is 2. The molecule has 0 aliphatic rings. The molecule has 0 fully saturated rings. The van der Waals surface area contributed by atoms with Gasteiger partial charge in [-0.15, -0.1) is 0 Å². The van der Waals surface area contributed by atoms with Gasteiger partial charge in [0.25, 0.3) is 10.0 Å². The van der Waals surface area contributed by atoms with Crippen LogP contribution >= 0.6 is 11.6 Å². The normalized spacial score (nSPS) is 11.0. The number of carbonyl (C=O) groups is 1. The summed E-state index contributed by atoms with van der Waals surface area (Å²) < 4.78 is 36.6. The Morgan fingerprint density at radius 3 is 2.24 bits per heavy atom. The van der Waals surface area contributed by atoms with E-state index in [4.69, 9.17) is 26.2 Å². The molecule has 0 saturated carbocycles. The summed E-state index contributed by atoms with van der Waals surface area (Å²) in [5, 5.41) is 9.22. The molecule has 2 rings (SSSR count). The summed E-state index contributed by atoms with van der Waals surface area (Å²) in [6, 6.07) is 9.94. The van der Waals surface area contributed by atoms with Gasteiger partial charge < -0.3 is 14.6 Å². The van der Waals surface area contributed by atoms with E-state index in [9.17, 15) is 13.2 Å². The molecule has 2 aromatic carbocycles. The quantitative estimate of drug-likeness (QED) is 0.787. The van der Waals surface area contributed by atoms with Crippen molar-refractivity contribution in [2.45, 2.75) is 4.90 Å². The van der Waals surface area contributed by atoms with Crippen LogP contribution in [0.5, 0.6) is 11.5 Å². The Kier molecular flexibility index (Phi) is 5.76. The second kappa shape index (κ2) is 7.62. The van der Waals surface area contributed by atoms with Gasteiger partial charge in [-0.3, -0.25) is 9.10 Å². The van der Waals surface area contributed by atoms with Crippen LogP contribution in [0.15, 0.2) is 47.4 Å². The van der Waals surface area contributed by atoms with Gasteiger partial charge >= 0.3 is 5.97 Å². The Hall–Kier alpha value is -2.45. The molecule has 0 radical (unpaired) electrons. The van der Waals surface area contributed by atoms with Crippen molar-refractivity contribution in [3.05, 3.63) is 47.5 Å². The van der Waals surface area contributed by atoms with Gasteiger partial charge in [0.15, 0.2) is 0 Å². The third-order valence-electron chi connectivity index (χ3n) is 3.35. The molecule has 2 aromatic rings. The first-order valence-corrected chi connectivity index (χ1v) is 8.83. The molecule has 0 heterocycles. The molecule has 0 saturated heterocycles. The van der Waals surface area contributed by atoms with Gasteiger partial charge in [-0.05, 0) is 42.5 Å². The third-order valence-corrected chi connectivity index (χ3v) is 5.42. The number of carboxylic acid groups (broad SMARTS) is 1. The topological polar surface area (TPSA) is 93.1 Å². The number of sulfonamides is 1. The maximum absolute atomic E-state index is 12.9. The average molecular weight is 386 g/mol. The van der Waals surface area contributed by atoms with Gasteiger partial charge in [0.1, 0.15) is 18.0 Å². The lowest BCUT2D eigenvalue weighted by Gasteiger charge is -2.23. The highest BCUT2D eigenvalue weighted by Gasteiger charge is 2.28. The smallest absolute Gasteiger partial charge is 0.324 e. The minimum atomic E-state index is -4.14. The number of halogens is 1. The summed E-state index contributed by atoms with van der Waals surface area (Å²) in [6.45, 7) is -0.738. The van der Waals surface area contributed by atoms with E-state index in [1.54, 1.807) is 12.1 Å². The zero-order valence-corrected chi connectivity index (χ0v) is 15.0. The highest BCUT2D eigenvalue weighted by Crippen LogP contribution is 2.30. The van der Waals surface area contributed by atoms with Gasteiger partial charge in [0.05, 0.1) is 29.8 Å². The number of rotatable bonds is 7. The zero-order valence-electron chi connectivity index (χ0n) is 13.5. The fourth-order valence-corrected chi connectivity index (χ4v) is 3.88. The lowest BCUT2D eigenvalue weighted by Crippen LogP contribution is -2.35. The summed E-state index contributed by atoms with van der Waals surface area (Å²) in [5.74, 6) is -0.460. The van der Waals surface area contributed by atoms with Crippen molar-refractivity contribution in [2.75, 3.05) is 25.1 Å². The number of hydrogen-bond acceptors (Lipinski definition) is 5. The molecule has 0 aliphatic carbocycles. The number of ether oxygens (including phenoxy) is 2. The van der Waals surface area contributed by atoms with E-state index >= 15 is 0 Å². The SMILES string of the molecule is COc1ccc(N(CC(=O)O)S(=O)(=O)c2ccc(OC)c(Cl)c2)cc1. The lowest BCUT2D eigenvalue weighted by molar-refractivity contribution is -0.135. The molecule has 25 heavy (non-hydrogen) atoms. The maximum Gasteiger partial charge on any atom is 0.324 e. The fourth-order valence-electron chi connectivity index (χ4n) is 2.12. The second-order valence-corrected chi connectivity index (χ2v) is 7.17. The van der Waals surface area contributed by atoms with Crippen LogP contribution in [0.2, 0.25) is 5.02 Å². The van der Waals surface area contributed by atoms with E-state index in [2.05, 4.69) is 0 Å². The Bertz CT molecular complexity index is 867. The van der Waals surface area contributed by atoms with E-state index < -0.39 is 22.5 Å². The Balaban J connectivity index is 2.51. The number of carboxylic acids is 1. The van der Waals surface area contributed by atoms with E-state index in [-0.39, 0.29) is 15.6 Å². The molecule has 9 heteroatoms. The highest BCUT2D eigenvalue weighted by atomic mass is 35.5. The first-order chi connectivity index (χ1) is 11.8. The fraction of sp³-hybridized carbons (Fsp3) is 0.188. The van der Waals surface area contributed by atoms with Crippen molar-refractivity contribution in [3.63, 3.8) is 0 Å². The van der Waals surface area contributed by atoms with Gasteiger partial charge in [0, 0.05) is 0 Å². The van der Waals surface area contributed by atoms with Gasteiger partial charge in [0.2, 0.25) is 0 Å². The van der Waals surface area contributed by atoms with Crippen LogP contribution in [0.25, 0.3) is 0 Å². The van der Waals surface area contributed by atoms with Crippen molar-refractivity contribution >= 4 is 33.3 Å². The summed E-state index contributed by atoms with van der Waals surface area (Å²) in [6.07, 6.45) is 0. The van der Waals surface area contributed by atoms with Crippen LogP contribution < -0.4 is 13.8 Å². The van der Waals surface area contributed by atoms with Crippen LogP contribution in [-0.4, -0.2) is 40.3 Å². The molecule has 134 valence electrons. The van der Waals surface area contributed by atoms with E-state index in [0.717, 1.165) is 4.31 Å². The molecular formula is C16H16ClNO6S. The van der Waals surface area contributed by atoms with E-state index in [1.165, 1.54) is 44.6 Å². The molecule has 1 N–H and O–H groups in total. The number of methoxy groups -OCH3 is 2. The first-order valence-electron chi connectivity index (χ1n) is 7.01. The number of hydrogen-bond donors (Lipinski definition) is 1. The van der Waals surface area contributed by atoms with Crippen LogP contribution in [0.4, 0.5) is 5.69 Å². The standard InChI is InChI=1S/C16H16ClNO6S/c1-23-12-5-3-11(4-6-12)18(10-16(19)20)25(21,22)13-7-8-15(24-2)14(17)9-13/h3-9H,10H2,1-2H3,(H,19,20).